The van der Waals surface area contributed by atoms with Gasteiger partial charge in [0.25, 0.3) is 0 Å². The van der Waals surface area contributed by atoms with Gasteiger partial charge in [-0.15, -0.1) is 0 Å². The molecule has 0 unspecified atom stereocenters. The molecule has 16 heavy (non-hydrogen) atoms. The van der Waals surface area contributed by atoms with Crippen LogP contribution in [0.2, 0.25) is 0 Å². The third kappa shape index (κ3) is 3.76. The van der Waals surface area contributed by atoms with Crippen molar-refractivity contribution in [2.45, 2.75) is 59.3 Å². The van der Waals surface area contributed by atoms with Crippen LogP contribution in [0.4, 0.5) is 0 Å². The van der Waals surface area contributed by atoms with E-state index in [1.807, 2.05) is 0 Å². The van der Waals surface area contributed by atoms with Gasteiger partial charge < -0.3 is 0 Å². The molecule has 1 aromatic rings. The normalized spacial score (nSPS) is 10.8. The Kier molecular flexibility index (Phi) is 6.40. The molecule has 1 aromatic carbocycles. The van der Waals surface area contributed by atoms with Gasteiger partial charge in [0.2, 0.25) is 0 Å². The first kappa shape index (κ1) is 14.0. The summed E-state index contributed by atoms with van der Waals surface area (Å²) in [6.45, 7) is 6.83. The maximum absolute atomic E-state index is 2.46. The van der Waals surface area contributed by atoms with Crippen LogP contribution >= 0.6 is 22.6 Å². The molecule has 90 valence electrons. The van der Waals surface area contributed by atoms with Gasteiger partial charge in [0.15, 0.2) is 0 Å². The predicted molar refractivity (Wildman–Crippen MR) is 81.1 cm³/mol. The number of aryl methyl sites for hydroxylation is 2. The molecule has 0 amide bonds. The van der Waals surface area contributed by atoms with Gasteiger partial charge in [-0.1, -0.05) is 40.0 Å². The molecule has 0 nitrogen and oxygen atoms in total. The molecule has 0 N–H and O–H groups in total. The third-order valence-electron chi connectivity index (χ3n) is 2.94. The lowest BCUT2D eigenvalue weighted by Gasteiger charge is -2.15. The standard InChI is InChI=1S/C15H23I/c1-4-7-12-10-14(16)11-13(8-5-2)15(12)9-6-3/h10-11H,4-9H2,1-3H3. The van der Waals surface area contributed by atoms with Gasteiger partial charge in [-0.3, -0.25) is 0 Å². The van der Waals surface area contributed by atoms with Gasteiger partial charge in [-0.25, -0.2) is 0 Å². The smallest absolute Gasteiger partial charge is 0.0135 e. The molecule has 0 saturated heterocycles. The summed E-state index contributed by atoms with van der Waals surface area (Å²) in [6.07, 6.45) is 7.49. The van der Waals surface area contributed by atoms with Gasteiger partial charge in [-0.05, 0) is 70.7 Å². The van der Waals surface area contributed by atoms with Crippen LogP contribution in [0.15, 0.2) is 12.1 Å². The Balaban J connectivity index is 3.12. The highest BCUT2D eigenvalue weighted by molar-refractivity contribution is 14.1. The van der Waals surface area contributed by atoms with Crippen molar-refractivity contribution in [3.63, 3.8) is 0 Å². The molecule has 0 aromatic heterocycles. The zero-order valence-electron chi connectivity index (χ0n) is 10.8. The van der Waals surface area contributed by atoms with E-state index in [0.29, 0.717) is 0 Å². The molecule has 1 heteroatoms. The molecule has 0 spiro atoms. The average molecular weight is 330 g/mol. The van der Waals surface area contributed by atoms with Crippen molar-refractivity contribution in [3.05, 3.63) is 32.4 Å². The fourth-order valence-electron chi connectivity index (χ4n) is 2.31. The Bertz CT molecular complexity index is 301. The summed E-state index contributed by atoms with van der Waals surface area (Å²) in [7, 11) is 0. The Morgan fingerprint density at radius 1 is 0.812 bits per heavy atom. The second kappa shape index (κ2) is 7.31. The highest BCUT2D eigenvalue weighted by Crippen LogP contribution is 2.23. The topological polar surface area (TPSA) is 0 Å². The molecule has 0 atom stereocenters. The lowest BCUT2D eigenvalue weighted by Crippen LogP contribution is -2.01. The quantitative estimate of drug-likeness (QED) is 0.633. The Labute approximate surface area is 114 Å². The maximum atomic E-state index is 2.46. The minimum atomic E-state index is 1.24. The monoisotopic (exact) mass is 330 g/mol. The van der Waals surface area contributed by atoms with Crippen LogP contribution < -0.4 is 0 Å². The summed E-state index contributed by atoms with van der Waals surface area (Å²) < 4.78 is 1.41. The van der Waals surface area contributed by atoms with E-state index in [1.165, 1.54) is 42.1 Å². The van der Waals surface area contributed by atoms with E-state index in [-0.39, 0.29) is 0 Å². The Morgan fingerprint density at radius 2 is 1.25 bits per heavy atom. The molecule has 0 radical (unpaired) electrons. The molecular weight excluding hydrogens is 307 g/mol. The average Bonchev–Trinajstić information content (AvgIpc) is 2.24. The van der Waals surface area contributed by atoms with E-state index in [1.54, 1.807) is 16.7 Å². The number of hydrogen-bond donors (Lipinski definition) is 0. The first-order chi connectivity index (χ1) is 7.72. The van der Waals surface area contributed by atoms with Crippen LogP contribution in [-0.4, -0.2) is 0 Å². The second-order valence-electron chi connectivity index (χ2n) is 4.45. The highest BCUT2D eigenvalue weighted by Gasteiger charge is 2.08. The van der Waals surface area contributed by atoms with Crippen molar-refractivity contribution >= 4 is 22.6 Å². The first-order valence-electron chi connectivity index (χ1n) is 6.53. The van der Waals surface area contributed by atoms with Crippen molar-refractivity contribution in [3.8, 4) is 0 Å². The first-order valence-corrected chi connectivity index (χ1v) is 7.60. The van der Waals surface area contributed by atoms with Crippen molar-refractivity contribution < 1.29 is 0 Å². The molecular formula is C15H23I. The lowest BCUT2D eigenvalue weighted by molar-refractivity contribution is 0.824. The molecule has 0 aliphatic rings. The van der Waals surface area contributed by atoms with Crippen LogP contribution in [0.1, 0.15) is 56.7 Å². The second-order valence-corrected chi connectivity index (χ2v) is 5.70. The largest absolute Gasteiger partial charge is 0.0651 e. The number of rotatable bonds is 6. The fourth-order valence-corrected chi connectivity index (χ4v) is 3.06. The third-order valence-corrected chi connectivity index (χ3v) is 3.56. The maximum Gasteiger partial charge on any atom is 0.0135 e. The van der Waals surface area contributed by atoms with Gasteiger partial charge in [0.05, 0.1) is 0 Å². The van der Waals surface area contributed by atoms with Gasteiger partial charge in [0, 0.05) is 3.57 Å². The van der Waals surface area contributed by atoms with Crippen molar-refractivity contribution in [1.29, 1.82) is 0 Å². The minimum Gasteiger partial charge on any atom is -0.0651 e. The molecule has 0 aliphatic carbocycles. The van der Waals surface area contributed by atoms with Crippen molar-refractivity contribution in [2.75, 3.05) is 0 Å². The lowest BCUT2D eigenvalue weighted by atomic mass is 9.92. The summed E-state index contributed by atoms with van der Waals surface area (Å²) in [5.74, 6) is 0. The van der Waals surface area contributed by atoms with Crippen LogP contribution in [0.25, 0.3) is 0 Å². The summed E-state index contributed by atoms with van der Waals surface area (Å²) in [5, 5.41) is 0. The van der Waals surface area contributed by atoms with E-state index in [2.05, 4.69) is 55.5 Å². The van der Waals surface area contributed by atoms with Crippen LogP contribution in [0.5, 0.6) is 0 Å². The summed E-state index contributed by atoms with van der Waals surface area (Å²) in [4.78, 5) is 0. The fraction of sp³-hybridized carbons (Fsp3) is 0.600. The number of halogens is 1. The van der Waals surface area contributed by atoms with E-state index in [9.17, 15) is 0 Å². The molecule has 0 saturated carbocycles. The van der Waals surface area contributed by atoms with Crippen LogP contribution in [-0.2, 0) is 19.3 Å². The SMILES string of the molecule is CCCc1cc(I)cc(CCC)c1CCC. The van der Waals surface area contributed by atoms with E-state index < -0.39 is 0 Å². The molecule has 1 rings (SSSR count). The molecule has 0 bridgehead atoms. The van der Waals surface area contributed by atoms with E-state index in [0.717, 1.165) is 0 Å². The summed E-state index contributed by atoms with van der Waals surface area (Å²) >= 11 is 2.46. The predicted octanol–water partition coefficient (Wildman–Crippen LogP) is 5.15. The Hall–Kier alpha value is -0.0500. The Morgan fingerprint density at radius 3 is 1.62 bits per heavy atom. The molecule has 0 aliphatic heterocycles. The molecule has 0 fully saturated rings. The van der Waals surface area contributed by atoms with Gasteiger partial charge >= 0.3 is 0 Å². The van der Waals surface area contributed by atoms with E-state index in [4.69, 9.17) is 0 Å². The van der Waals surface area contributed by atoms with Crippen molar-refractivity contribution in [1.82, 2.24) is 0 Å². The van der Waals surface area contributed by atoms with E-state index >= 15 is 0 Å². The zero-order chi connectivity index (χ0) is 12.0. The number of benzene rings is 1. The minimum absolute atomic E-state index is 1.24. The summed E-state index contributed by atoms with van der Waals surface area (Å²) in [6, 6.07) is 4.77. The van der Waals surface area contributed by atoms with Gasteiger partial charge in [-0.2, -0.15) is 0 Å². The van der Waals surface area contributed by atoms with Gasteiger partial charge in [0.1, 0.15) is 0 Å². The van der Waals surface area contributed by atoms with Crippen LogP contribution in [0, 0.1) is 3.57 Å². The zero-order valence-corrected chi connectivity index (χ0v) is 12.9. The highest BCUT2D eigenvalue weighted by atomic mass is 127. The summed E-state index contributed by atoms with van der Waals surface area (Å²) in [5.41, 5.74) is 4.84. The molecule has 0 heterocycles. The van der Waals surface area contributed by atoms with Crippen molar-refractivity contribution in [2.24, 2.45) is 0 Å². The number of hydrogen-bond acceptors (Lipinski definition) is 0. The van der Waals surface area contributed by atoms with Crippen LogP contribution in [0.3, 0.4) is 0 Å².